The van der Waals surface area contributed by atoms with Gasteiger partial charge in [-0.05, 0) is 51.0 Å². The Morgan fingerprint density at radius 3 is 2.39 bits per heavy atom. The van der Waals surface area contributed by atoms with Crippen LogP contribution < -0.4 is 5.32 Å². The standard InChI is InChI=1S/C15H31NO2/c1-4-17-8-5-6-16-7-9-18-15-11-13(2)10-14(3)12-15/h13-16H,4-12H2,1-3H3. The summed E-state index contributed by atoms with van der Waals surface area (Å²) in [5.41, 5.74) is 0. The molecule has 18 heavy (non-hydrogen) atoms. The van der Waals surface area contributed by atoms with E-state index in [1.165, 1.54) is 19.3 Å². The van der Waals surface area contributed by atoms with E-state index in [-0.39, 0.29) is 0 Å². The van der Waals surface area contributed by atoms with Crippen LogP contribution in [-0.4, -0.2) is 39.0 Å². The van der Waals surface area contributed by atoms with E-state index in [1.54, 1.807) is 0 Å². The zero-order valence-electron chi connectivity index (χ0n) is 12.4. The van der Waals surface area contributed by atoms with E-state index in [2.05, 4.69) is 19.2 Å². The fraction of sp³-hybridized carbons (Fsp3) is 1.00. The first-order chi connectivity index (χ1) is 8.72. The Hall–Kier alpha value is -0.120. The Labute approximate surface area is 113 Å². The van der Waals surface area contributed by atoms with E-state index >= 15 is 0 Å². The Balaban J connectivity index is 1.91. The molecule has 0 radical (unpaired) electrons. The van der Waals surface area contributed by atoms with Crippen LogP contribution in [0.5, 0.6) is 0 Å². The zero-order chi connectivity index (χ0) is 13.2. The highest BCUT2D eigenvalue weighted by Crippen LogP contribution is 2.30. The SMILES string of the molecule is CCOCCCNCCOC1CC(C)CC(C)C1. The summed E-state index contributed by atoms with van der Waals surface area (Å²) in [5, 5.41) is 3.40. The summed E-state index contributed by atoms with van der Waals surface area (Å²) in [4.78, 5) is 0. The van der Waals surface area contributed by atoms with Crippen molar-refractivity contribution in [1.82, 2.24) is 5.32 Å². The third kappa shape index (κ3) is 7.34. The fourth-order valence-corrected chi connectivity index (χ4v) is 2.88. The number of nitrogens with one attached hydrogen (secondary N) is 1. The van der Waals surface area contributed by atoms with Gasteiger partial charge in [0.05, 0.1) is 12.7 Å². The number of hydrogen-bond acceptors (Lipinski definition) is 3. The van der Waals surface area contributed by atoms with Gasteiger partial charge in [-0.25, -0.2) is 0 Å². The van der Waals surface area contributed by atoms with Crippen LogP contribution >= 0.6 is 0 Å². The monoisotopic (exact) mass is 257 g/mol. The molecule has 0 amide bonds. The lowest BCUT2D eigenvalue weighted by atomic mass is 9.82. The second-order valence-corrected chi connectivity index (χ2v) is 5.71. The van der Waals surface area contributed by atoms with Gasteiger partial charge in [0.1, 0.15) is 0 Å². The lowest BCUT2D eigenvalue weighted by Crippen LogP contribution is -2.29. The van der Waals surface area contributed by atoms with Gasteiger partial charge in [0.25, 0.3) is 0 Å². The summed E-state index contributed by atoms with van der Waals surface area (Å²) in [6, 6.07) is 0. The summed E-state index contributed by atoms with van der Waals surface area (Å²) < 4.78 is 11.2. The minimum Gasteiger partial charge on any atom is -0.382 e. The van der Waals surface area contributed by atoms with Gasteiger partial charge >= 0.3 is 0 Å². The highest BCUT2D eigenvalue weighted by Gasteiger charge is 2.23. The molecule has 3 nitrogen and oxygen atoms in total. The van der Waals surface area contributed by atoms with Gasteiger partial charge in [0.15, 0.2) is 0 Å². The molecule has 0 bridgehead atoms. The van der Waals surface area contributed by atoms with Crippen molar-refractivity contribution in [3.63, 3.8) is 0 Å². The molecule has 0 aromatic rings. The first kappa shape index (κ1) is 15.9. The maximum absolute atomic E-state index is 5.96. The van der Waals surface area contributed by atoms with Crippen LogP contribution in [0.15, 0.2) is 0 Å². The number of rotatable bonds is 9. The van der Waals surface area contributed by atoms with Crippen LogP contribution in [0.1, 0.15) is 46.5 Å². The summed E-state index contributed by atoms with van der Waals surface area (Å²) in [7, 11) is 0. The molecule has 2 unspecified atom stereocenters. The molecule has 0 aromatic carbocycles. The Bertz CT molecular complexity index is 189. The maximum atomic E-state index is 5.96. The van der Waals surface area contributed by atoms with Gasteiger partial charge in [-0.1, -0.05) is 13.8 Å². The first-order valence-electron chi connectivity index (χ1n) is 7.62. The van der Waals surface area contributed by atoms with E-state index in [9.17, 15) is 0 Å². The quantitative estimate of drug-likeness (QED) is 0.644. The zero-order valence-corrected chi connectivity index (χ0v) is 12.4. The van der Waals surface area contributed by atoms with E-state index in [4.69, 9.17) is 9.47 Å². The highest BCUT2D eigenvalue weighted by molar-refractivity contribution is 4.75. The van der Waals surface area contributed by atoms with Crippen molar-refractivity contribution < 1.29 is 9.47 Å². The Kier molecular flexibility index (Phi) is 8.64. The van der Waals surface area contributed by atoms with Crippen LogP contribution in [0.4, 0.5) is 0 Å². The van der Waals surface area contributed by atoms with Gasteiger partial charge < -0.3 is 14.8 Å². The van der Waals surface area contributed by atoms with E-state index in [0.717, 1.165) is 51.2 Å². The van der Waals surface area contributed by atoms with Gasteiger partial charge in [-0.15, -0.1) is 0 Å². The normalized spacial score (nSPS) is 28.5. The highest BCUT2D eigenvalue weighted by atomic mass is 16.5. The molecule has 2 atom stereocenters. The average molecular weight is 257 g/mol. The molecule has 1 fully saturated rings. The molecule has 0 saturated heterocycles. The van der Waals surface area contributed by atoms with Crippen molar-refractivity contribution in [3.05, 3.63) is 0 Å². The summed E-state index contributed by atoms with van der Waals surface area (Å²) >= 11 is 0. The fourth-order valence-electron chi connectivity index (χ4n) is 2.88. The predicted octanol–water partition coefficient (Wildman–Crippen LogP) is 2.84. The molecule has 1 saturated carbocycles. The maximum Gasteiger partial charge on any atom is 0.0594 e. The molecule has 108 valence electrons. The molecule has 3 heteroatoms. The van der Waals surface area contributed by atoms with Gasteiger partial charge in [0, 0.05) is 19.8 Å². The molecular weight excluding hydrogens is 226 g/mol. The van der Waals surface area contributed by atoms with E-state index in [0.29, 0.717) is 6.10 Å². The predicted molar refractivity (Wildman–Crippen MR) is 75.9 cm³/mol. The molecule has 1 rings (SSSR count). The van der Waals surface area contributed by atoms with Gasteiger partial charge in [-0.2, -0.15) is 0 Å². The van der Waals surface area contributed by atoms with Crippen LogP contribution in [-0.2, 0) is 9.47 Å². The van der Waals surface area contributed by atoms with E-state index < -0.39 is 0 Å². The molecule has 0 heterocycles. The first-order valence-corrected chi connectivity index (χ1v) is 7.62. The van der Waals surface area contributed by atoms with Gasteiger partial charge in [0.2, 0.25) is 0 Å². The minimum atomic E-state index is 0.494. The molecule has 0 aromatic heterocycles. The smallest absolute Gasteiger partial charge is 0.0594 e. The van der Waals surface area contributed by atoms with Crippen molar-refractivity contribution in [2.24, 2.45) is 11.8 Å². The minimum absolute atomic E-state index is 0.494. The second-order valence-electron chi connectivity index (χ2n) is 5.71. The van der Waals surface area contributed by atoms with Crippen molar-refractivity contribution in [2.75, 3.05) is 32.9 Å². The summed E-state index contributed by atoms with van der Waals surface area (Å²) in [6.07, 6.45) is 5.44. The molecule has 1 N–H and O–H groups in total. The Morgan fingerprint density at radius 1 is 1.00 bits per heavy atom. The molecule has 0 spiro atoms. The van der Waals surface area contributed by atoms with Crippen molar-refractivity contribution >= 4 is 0 Å². The molecule has 1 aliphatic rings. The van der Waals surface area contributed by atoms with Crippen LogP contribution in [0.2, 0.25) is 0 Å². The van der Waals surface area contributed by atoms with Crippen molar-refractivity contribution in [2.45, 2.75) is 52.6 Å². The molecule has 0 aliphatic heterocycles. The number of ether oxygens (including phenoxy) is 2. The van der Waals surface area contributed by atoms with Crippen molar-refractivity contribution in [1.29, 1.82) is 0 Å². The summed E-state index contributed by atoms with van der Waals surface area (Å²) in [5.74, 6) is 1.66. The van der Waals surface area contributed by atoms with Crippen LogP contribution in [0, 0.1) is 11.8 Å². The third-order valence-corrected chi connectivity index (χ3v) is 3.61. The lowest BCUT2D eigenvalue weighted by Gasteiger charge is -2.31. The van der Waals surface area contributed by atoms with Crippen molar-refractivity contribution in [3.8, 4) is 0 Å². The van der Waals surface area contributed by atoms with E-state index in [1.807, 2.05) is 6.92 Å². The van der Waals surface area contributed by atoms with Gasteiger partial charge in [-0.3, -0.25) is 0 Å². The second kappa shape index (κ2) is 9.76. The largest absolute Gasteiger partial charge is 0.382 e. The topological polar surface area (TPSA) is 30.5 Å². The van der Waals surface area contributed by atoms with Crippen LogP contribution in [0.3, 0.4) is 0 Å². The lowest BCUT2D eigenvalue weighted by molar-refractivity contribution is 0.00261. The molecular formula is C15H31NO2. The molecule has 1 aliphatic carbocycles. The number of hydrogen-bond donors (Lipinski definition) is 1. The average Bonchev–Trinajstić information content (AvgIpc) is 2.31. The summed E-state index contributed by atoms with van der Waals surface area (Å²) in [6.45, 7) is 11.2. The van der Waals surface area contributed by atoms with Crippen LogP contribution in [0.25, 0.3) is 0 Å². The third-order valence-electron chi connectivity index (χ3n) is 3.61. The Morgan fingerprint density at radius 2 is 1.72 bits per heavy atom.